The molecule has 0 unspecified atom stereocenters. The minimum absolute atomic E-state index is 0.0535. The van der Waals surface area contributed by atoms with Crippen molar-refractivity contribution in [3.05, 3.63) is 141 Å². The van der Waals surface area contributed by atoms with Crippen LogP contribution in [0.3, 0.4) is 0 Å². The third kappa shape index (κ3) is 6.98. The van der Waals surface area contributed by atoms with Crippen molar-refractivity contribution < 1.29 is 110 Å². The number of esters is 1. The molecular weight excluding hydrogens is 977 g/mol. The van der Waals surface area contributed by atoms with Crippen molar-refractivity contribution in [1.82, 2.24) is 0 Å². The van der Waals surface area contributed by atoms with Crippen molar-refractivity contribution in [2.24, 2.45) is 0 Å². The number of carbonyl (C=O) groups is 1. The lowest BCUT2D eigenvalue weighted by molar-refractivity contribution is -0.219. The maximum absolute atomic E-state index is 14.4. The van der Waals surface area contributed by atoms with E-state index in [4.69, 9.17) is 23.7 Å². The van der Waals surface area contributed by atoms with Gasteiger partial charge in [0, 0.05) is 64.1 Å². The lowest BCUT2D eigenvalue weighted by atomic mass is 9.71. The van der Waals surface area contributed by atoms with Crippen molar-refractivity contribution in [3.8, 4) is 103 Å². The van der Waals surface area contributed by atoms with Gasteiger partial charge in [0.05, 0.1) is 23.5 Å². The highest BCUT2D eigenvalue weighted by atomic mass is 16.7. The number of aromatic hydroxyl groups is 14. The molecule has 380 valence electrons. The van der Waals surface area contributed by atoms with Crippen LogP contribution < -0.4 is 18.9 Å². The molecule has 4 aliphatic rings. The molecule has 0 spiro atoms. The van der Waals surface area contributed by atoms with E-state index in [2.05, 4.69) is 0 Å². The summed E-state index contributed by atoms with van der Waals surface area (Å²) >= 11 is 0. The van der Waals surface area contributed by atoms with E-state index in [9.17, 15) is 86.5 Å². The quantitative estimate of drug-likeness (QED) is 0.0749. The van der Waals surface area contributed by atoms with E-state index < -0.39 is 146 Å². The molecule has 0 aromatic heterocycles. The molecule has 0 saturated heterocycles. The summed E-state index contributed by atoms with van der Waals surface area (Å²) in [5.74, 6) is -18.9. The average Bonchev–Trinajstić information content (AvgIpc) is 3.35. The number of ether oxygens (including phenoxy) is 5. The second-order valence-electron chi connectivity index (χ2n) is 18.1. The molecule has 11 rings (SSSR count). The third-order valence-electron chi connectivity index (χ3n) is 13.7. The zero-order valence-corrected chi connectivity index (χ0v) is 37.5. The number of fused-ring (bicyclic) bond motifs is 9. The summed E-state index contributed by atoms with van der Waals surface area (Å²) in [7, 11) is 0. The van der Waals surface area contributed by atoms with Crippen LogP contribution in [0.15, 0.2) is 91.0 Å². The Morgan fingerprint density at radius 2 is 1.03 bits per heavy atom. The molecule has 0 radical (unpaired) electrons. The van der Waals surface area contributed by atoms with E-state index >= 15 is 0 Å². The number of rotatable bonds is 6. The first-order chi connectivity index (χ1) is 35.1. The van der Waals surface area contributed by atoms with Gasteiger partial charge in [-0.05, 0) is 65.7 Å². The lowest BCUT2D eigenvalue weighted by Gasteiger charge is -2.52. The van der Waals surface area contributed by atoms with Gasteiger partial charge in [0.15, 0.2) is 64.0 Å². The average molecular weight is 1020 g/mol. The Bertz CT molecular complexity index is 3520. The Morgan fingerprint density at radius 1 is 0.486 bits per heavy atom. The van der Waals surface area contributed by atoms with Gasteiger partial charge in [0.1, 0.15) is 64.0 Å². The predicted octanol–water partition coefficient (Wildman–Crippen LogP) is 5.22. The molecule has 0 saturated carbocycles. The smallest absolute Gasteiger partial charge is 0.339 e. The Kier molecular flexibility index (Phi) is 10.4. The first-order valence-electron chi connectivity index (χ1n) is 22.3. The third-order valence-corrected chi connectivity index (χ3v) is 13.7. The van der Waals surface area contributed by atoms with Gasteiger partial charge in [0.2, 0.25) is 0 Å². The van der Waals surface area contributed by atoms with Crippen LogP contribution in [0.25, 0.3) is 0 Å². The number of hydrogen-bond acceptors (Lipinski definition) is 22. The van der Waals surface area contributed by atoms with Gasteiger partial charge < -0.3 is 105 Å². The summed E-state index contributed by atoms with van der Waals surface area (Å²) < 4.78 is 32.5. The van der Waals surface area contributed by atoms with E-state index in [-0.39, 0.29) is 68.2 Å². The maximum atomic E-state index is 14.4. The molecule has 0 fully saturated rings. The van der Waals surface area contributed by atoms with Crippen LogP contribution in [0.4, 0.5) is 0 Å². The lowest BCUT2D eigenvalue weighted by Crippen LogP contribution is -2.59. The summed E-state index contributed by atoms with van der Waals surface area (Å²) in [4.78, 5) is 14.4. The number of carbonyl (C=O) groups excluding carboxylic acids is 1. The first kappa shape index (κ1) is 46.7. The molecule has 22 heteroatoms. The van der Waals surface area contributed by atoms with Crippen molar-refractivity contribution in [2.75, 3.05) is 0 Å². The number of phenolic OH excluding ortho intramolecular Hbond substituents is 14. The number of benzene rings is 7. The largest absolute Gasteiger partial charge is 0.508 e. The number of phenols is 14. The van der Waals surface area contributed by atoms with Crippen molar-refractivity contribution in [3.63, 3.8) is 0 Å². The summed E-state index contributed by atoms with van der Waals surface area (Å²) in [5.41, 5.74) is -2.06. The van der Waals surface area contributed by atoms with Gasteiger partial charge in [0.25, 0.3) is 0 Å². The van der Waals surface area contributed by atoms with E-state index in [1.54, 1.807) is 0 Å². The highest BCUT2D eigenvalue weighted by Crippen LogP contribution is 2.66. The molecule has 74 heavy (non-hydrogen) atoms. The highest BCUT2D eigenvalue weighted by molar-refractivity contribution is 5.91. The Balaban J connectivity index is 1.20. The van der Waals surface area contributed by atoms with E-state index in [0.717, 1.165) is 72.8 Å². The molecule has 0 aliphatic carbocycles. The summed E-state index contributed by atoms with van der Waals surface area (Å²) in [6.45, 7) is 0. The van der Waals surface area contributed by atoms with Crippen LogP contribution in [0, 0.1) is 0 Å². The standard InChI is InChI=1S/C52H40O22/c53-21-12-30(61)38-36(13-21)73-52(20-3-6-25(56)29(60)11-20)50(72-51(69)19-9-33(64)44(67)34(65)10-19)43(38)41-37(74-52)16-32(63)40-42(45(68)47(71-49(40)41)18-2-5-24(55)28(59)8-18)39-31(62)15-26(57)22-14-35(66)46(70-48(22)39)17-1-4-23(54)27(58)7-17/h1-13,15-16,35,42-43,45-47,50,53-68H,14H2/t35-,42+,43-,45-,46-,47-,50-,52+/m1/s1. The second kappa shape index (κ2) is 16.4. The number of hydrogen-bond donors (Lipinski definition) is 16. The van der Waals surface area contributed by atoms with Gasteiger partial charge in [-0.2, -0.15) is 0 Å². The Morgan fingerprint density at radius 3 is 1.65 bits per heavy atom. The van der Waals surface area contributed by atoms with E-state index in [0.29, 0.717) is 0 Å². The molecule has 7 aromatic carbocycles. The summed E-state index contributed by atoms with van der Waals surface area (Å²) in [5, 5.41) is 177. The molecule has 22 nitrogen and oxygen atoms in total. The summed E-state index contributed by atoms with van der Waals surface area (Å²) in [6.07, 6.45) is -8.91. The highest BCUT2D eigenvalue weighted by Gasteiger charge is 2.63. The first-order valence-corrected chi connectivity index (χ1v) is 22.3. The zero-order valence-electron chi connectivity index (χ0n) is 37.5. The fourth-order valence-corrected chi connectivity index (χ4v) is 10.3. The fraction of sp³-hybridized carbons (Fsp3) is 0.173. The van der Waals surface area contributed by atoms with Gasteiger partial charge in [-0.3, -0.25) is 0 Å². The monoisotopic (exact) mass is 1020 g/mol. The van der Waals surface area contributed by atoms with Crippen LogP contribution in [-0.2, 0) is 16.9 Å². The van der Waals surface area contributed by atoms with Crippen molar-refractivity contribution in [2.45, 2.75) is 54.6 Å². The van der Waals surface area contributed by atoms with Crippen molar-refractivity contribution >= 4 is 5.97 Å². The predicted molar refractivity (Wildman–Crippen MR) is 247 cm³/mol. The van der Waals surface area contributed by atoms with Crippen LogP contribution in [0.5, 0.6) is 103 Å². The van der Waals surface area contributed by atoms with Crippen LogP contribution in [0.2, 0.25) is 0 Å². The molecule has 7 aromatic rings. The van der Waals surface area contributed by atoms with Gasteiger partial charge in [-0.15, -0.1) is 0 Å². The van der Waals surface area contributed by atoms with Crippen LogP contribution in [0.1, 0.15) is 78.9 Å². The number of aliphatic hydroxyl groups is 2. The SMILES string of the molecule is O=C(O[C@@H]1[C@@H]2c3c(O)cc(O)cc3O[C@@]1(c1ccc(O)c(O)c1)Oc1cc(O)c3c(c12)O[C@H](c1ccc(O)c(O)c1)[C@H](O)[C@H]3c1c(O)cc(O)c2c1O[C@H](c1ccc(O)c(O)c1)[C@H](O)C2)c1cc(O)c(O)c(O)c1. The van der Waals surface area contributed by atoms with Gasteiger partial charge >= 0.3 is 11.8 Å². The summed E-state index contributed by atoms with van der Waals surface area (Å²) in [6, 6.07) is 15.5. The van der Waals surface area contributed by atoms with E-state index in [1.807, 2.05) is 0 Å². The molecule has 8 atom stereocenters. The molecule has 4 aliphatic heterocycles. The Labute approximate surface area is 414 Å². The molecular formula is C52H40O22. The molecule has 2 bridgehead atoms. The normalized spacial score (nSPS) is 23.0. The topological polar surface area (TPSA) is 387 Å². The van der Waals surface area contributed by atoms with Crippen LogP contribution >= 0.6 is 0 Å². The van der Waals surface area contributed by atoms with Gasteiger partial charge in [-0.1, -0.05) is 12.1 Å². The Hall–Kier alpha value is -9.67. The van der Waals surface area contributed by atoms with E-state index in [1.165, 1.54) is 18.2 Å². The van der Waals surface area contributed by atoms with Gasteiger partial charge in [-0.25, -0.2) is 4.79 Å². The molecule has 0 amide bonds. The number of aliphatic hydroxyl groups excluding tert-OH is 2. The zero-order chi connectivity index (χ0) is 52.6. The minimum atomic E-state index is -2.58. The van der Waals surface area contributed by atoms with Crippen LogP contribution in [-0.4, -0.2) is 106 Å². The minimum Gasteiger partial charge on any atom is -0.508 e. The van der Waals surface area contributed by atoms with Crippen molar-refractivity contribution in [1.29, 1.82) is 0 Å². The molecule has 16 N–H and O–H groups in total. The maximum Gasteiger partial charge on any atom is 0.339 e. The molecule has 4 heterocycles. The fourth-order valence-electron chi connectivity index (χ4n) is 10.3. The second-order valence-corrected chi connectivity index (χ2v) is 18.1.